The monoisotopic (exact) mass is 349 g/mol. The van der Waals surface area contributed by atoms with Crippen LogP contribution in [0.5, 0.6) is 0 Å². The predicted molar refractivity (Wildman–Crippen MR) is 97.4 cm³/mol. The van der Waals surface area contributed by atoms with Gasteiger partial charge in [-0.15, -0.1) is 0 Å². The number of hydrogen-bond acceptors (Lipinski definition) is 6. The molecule has 8 nitrogen and oxygen atoms in total. The summed E-state index contributed by atoms with van der Waals surface area (Å²) < 4.78 is 1.67. The van der Waals surface area contributed by atoms with Crippen LogP contribution in [0.2, 0.25) is 0 Å². The minimum Gasteiger partial charge on any atom is -0.350 e. The van der Waals surface area contributed by atoms with E-state index >= 15 is 0 Å². The topological polar surface area (TPSA) is 88.8 Å². The van der Waals surface area contributed by atoms with Gasteiger partial charge in [-0.1, -0.05) is 12.1 Å². The lowest BCUT2D eigenvalue weighted by Crippen LogP contribution is -2.23. The van der Waals surface area contributed by atoms with Crippen LogP contribution in [0.4, 0.5) is 11.6 Å². The summed E-state index contributed by atoms with van der Waals surface area (Å²) in [6.07, 6.45) is 4.77. The Morgan fingerprint density at radius 3 is 2.69 bits per heavy atom. The number of anilines is 2. The van der Waals surface area contributed by atoms with Gasteiger partial charge in [0.05, 0.1) is 0 Å². The fourth-order valence-corrected chi connectivity index (χ4v) is 2.99. The summed E-state index contributed by atoms with van der Waals surface area (Å²) in [5, 5.41) is 7.28. The number of carbonyl (C=O) groups is 1. The lowest BCUT2D eigenvalue weighted by atomic mass is 10.2. The van der Waals surface area contributed by atoms with E-state index in [-0.39, 0.29) is 5.91 Å². The number of nitrogens with one attached hydrogen (secondary N) is 1. The average molecular weight is 349 g/mol. The zero-order valence-corrected chi connectivity index (χ0v) is 14.5. The Morgan fingerprint density at radius 2 is 2.00 bits per heavy atom. The third-order valence-corrected chi connectivity index (χ3v) is 4.37. The van der Waals surface area contributed by atoms with Crippen molar-refractivity contribution in [2.45, 2.75) is 19.4 Å². The Hall–Kier alpha value is -3.29. The van der Waals surface area contributed by atoms with Crippen LogP contribution in [-0.2, 0) is 18.4 Å². The number of aromatic nitrogens is 5. The van der Waals surface area contributed by atoms with Gasteiger partial charge in [-0.05, 0) is 30.2 Å². The number of amides is 1. The minimum atomic E-state index is 0.199. The number of benzene rings is 1. The van der Waals surface area contributed by atoms with E-state index in [1.807, 2.05) is 36.2 Å². The molecule has 0 bridgehead atoms. The van der Waals surface area contributed by atoms with Crippen molar-refractivity contribution in [3.8, 4) is 11.5 Å². The van der Waals surface area contributed by atoms with Crippen molar-refractivity contribution in [2.75, 3.05) is 16.8 Å². The Kier molecular flexibility index (Phi) is 4.30. The standard InChI is InChI=1S/C18H19N7O/c1-24-17(21-12-22-24)15-8-9-19-18(23-15)20-11-13-4-6-14(7-5-13)25-10-2-3-16(25)26/h4-9,12H,2-3,10-11H2,1H3,(H,19,20,23). The molecular formula is C18H19N7O. The maximum Gasteiger partial charge on any atom is 0.227 e. The third-order valence-electron chi connectivity index (χ3n) is 4.37. The Balaban J connectivity index is 1.43. The van der Waals surface area contributed by atoms with Crippen molar-refractivity contribution in [1.29, 1.82) is 0 Å². The minimum absolute atomic E-state index is 0.199. The largest absolute Gasteiger partial charge is 0.350 e. The summed E-state index contributed by atoms with van der Waals surface area (Å²) in [6.45, 7) is 1.40. The number of nitrogens with zero attached hydrogens (tertiary/aromatic N) is 6. The molecule has 26 heavy (non-hydrogen) atoms. The van der Waals surface area contributed by atoms with Crippen LogP contribution in [0.25, 0.3) is 11.5 Å². The molecule has 4 rings (SSSR count). The fourth-order valence-electron chi connectivity index (χ4n) is 2.99. The molecule has 1 aromatic carbocycles. The first kappa shape index (κ1) is 16.2. The molecule has 1 saturated heterocycles. The first-order chi connectivity index (χ1) is 12.7. The summed E-state index contributed by atoms with van der Waals surface area (Å²) in [5.41, 5.74) is 2.76. The van der Waals surface area contributed by atoms with E-state index < -0.39 is 0 Å². The molecule has 0 saturated carbocycles. The Morgan fingerprint density at radius 1 is 1.15 bits per heavy atom. The first-order valence-corrected chi connectivity index (χ1v) is 8.51. The maximum atomic E-state index is 11.8. The number of aryl methyl sites for hydroxylation is 1. The second kappa shape index (κ2) is 6.91. The highest BCUT2D eigenvalue weighted by Crippen LogP contribution is 2.22. The predicted octanol–water partition coefficient (Wildman–Crippen LogP) is 2.01. The second-order valence-corrected chi connectivity index (χ2v) is 6.14. The molecule has 0 aliphatic carbocycles. The summed E-state index contributed by atoms with van der Waals surface area (Å²) in [5.74, 6) is 1.42. The first-order valence-electron chi connectivity index (χ1n) is 8.51. The molecule has 0 spiro atoms. The highest BCUT2D eigenvalue weighted by Gasteiger charge is 2.21. The van der Waals surface area contributed by atoms with Crippen molar-refractivity contribution in [3.63, 3.8) is 0 Å². The number of hydrogen-bond donors (Lipinski definition) is 1. The van der Waals surface area contributed by atoms with E-state index in [0.29, 0.717) is 30.4 Å². The van der Waals surface area contributed by atoms with Gasteiger partial charge in [0.2, 0.25) is 11.9 Å². The highest BCUT2D eigenvalue weighted by atomic mass is 16.2. The number of carbonyl (C=O) groups excluding carboxylic acids is 1. The summed E-state index contributed by atoms with van der Waals surface area (Å²) in [6, 6.07) is 9.80. The van der Waals surface area contributed by atoms with Gasteiger partial charge in [-0.2, -0.15) is 5.10 Å². The normalized spacial score (nSPS) is 14.0. The summed E-state index contributed by atoms with van der Waals surface area (Å²) >= 11 is 0. The maximum absolute atomic E-state index is 11.8. The lowest BCUT2D eigenvalue weighted by Gasteiger charge is -2.16. The van der Waals surface area contributed by atoms with Gasteiger partial charge in [0, 0.05) is 38.4 Å². The molecule has 2 aromatic heterocycles. The second-order valence-electron chi connectivity index (χ2n) is 6.14. The fraction of sp³-hybridized carbons (Fsp3) is 0.278. The lowest BCUT2D eigenvalue weighted by molar-refractivity contribution is -0.117. The molecule has 0 atom stereocenters. The van der Waals surface area contributed by atoms with Crippen LogP contribution in [0.1, 0.15) is 18.4 Å². The van der Waals surface area contributed by atoms with Crippen LogP contribution in [0.3, 0.4) is 0 Å². The molecule has 1 N–H and O–H groups in total. The summed E-state index contributed by atoms with van der Waals surface area (Å²) in [4.78, 5) is 26.6. The van der Waals surface area contributed by atoms with E-state index in [1.165, 1.54) is 6.33 Å². The molecule has 3 aromatic rings. The van der Waals surface area contributed by atoms with Gasteiger partial charge in [-0.25, -0.2) is 19.6 Å². The summed E-state index contributed by atoms with van der Waals surface area (Å²) in [7, 11) is 1.82. The van der Waals surface area contributed by atoms with Crippen LogP contribution in [0, 0.1) is 0 Å². The van der Waals surface area contributed by atoms with Gasteiger partial charge in [0.15, 0.2) is 5.82 Å². The van der Waals surface area contributed by atoms with E-state index in [4.69, 9.17) is 0 Å². The van der Waals surface area contributed by atoms with E-state index in [0.717, 1.165) is 24.2 Å². The van der Waals surface area contributed by atoms with E-state index in [1.54, 1.807) is 16.9 Å². The van der Waals surface area contributed by atoms with E-state index in [9.17, 15) is 4.79 Å². The smallest absolute Gasteiger partial charge is 0.227 e. The van der Waals surface area contributed by atoms with Crippen molar-refractivity contribution < 1.29 is 4.79 Å². The molecule has 132 valence electrons. The van der Waals surface area contributed by atoms with Crippen molar-refractivity contribution in [3.05, 3.63) is 48.4 Å². The zero-order chi connectivity index (χ0) is 17.9. The van der Waals surface area contributed by atoms with Crippen LogP contribution >= 0.6 is 0 Å². The van der Waals surface area contributed by atoms with Crippen molar-refractivity contribution in [1.82, 2.24) is 24.7 Å². The average Bonchev–Trinajstić information content (AvgIpc) is 3.29. The molecule has 1 amide bonds. The van der Waals surface area contributed by atoms with Crippen molar-refractivity contribution in [2.24, 2.45) is 7.05 Å². The Bertz CT molecular complexity index is 919. The highest BCUT2D eigenvalue weighted by molar-refractivity contribution is 5.95. The molecule has 0 unspecified atom stereocenters. The van der Waals surface area contributed by atoms with Crippen LogP contribution in [0.15, 0.2) is 42.9 Å². The number of rotatable bonds is 5. The molecule has 1 aliphatic rings. The van der Waals surface area contributed by atoms with Gasteiger partial charge in [0.25, 0.3) is 0 Å². The van der Waals surface area contributed by atoms with Crippen LogP contribution in [-0.4, -0.2) is 37.2 Å². The molecule has 1 fully saturated rings. The van der Waals surface area contributed by atoms with Crippen LogP contribution < -0.4 is 10.2 Å². The van der Waals surface area contributed by atoms with Crippen molar-refractivity contribution >= 4 is 17.5 Å². The third kappa shape index (κ3) is 3.26. The zero-order valence-electron chi connectivity index (χ0n) is 14.5. The van der Waals surface area contributed by atoms with Gasteiger partial charge in [0.1, 0.15) is 12.0 Å². The molecule has 1 aliphatic heterocycles. The quantitative estimate of drug-likeness (QED) is 0.758. The Labute approximate surface area is 150 Å². The van der Waals surface area contributed by atoms with Gasteiger partial charge in [-0.3, -0.25) is 4.79 Å². The van der Waals surface area contributed by atoms with Gasteiger partial charge >= 0.3 is 0 Å². The molecule has 3 heterocycles. The van der Waals surface area contributed by atoms with Gasteiger partial charge < -0.3 is 10.2 Å². The molecular weight excluding hydrogens is 330 g/mol. The molecule has 0 radical (unpaired) electrons. The molecule has 8 heteroatoms. The SMILES string of the molecule is Cn1ncnc1-c1ccnc(NCc2ccc(N3CCCC3=O)cc2)n1. The van der Waals surface area contributed by atoms with E-state index in [2.05, 4.69) is 25.4 Å².